The number of aryl methyl sites for hydroxylation is 2. The number of anilines is 2. The molecule has 0 aromatic carbocycles. The van der Waals surface area contributed by atoms with Crippen LogP contribution < -0.4 is 11.5 Å². The molecule has 0 amide bonds. The van der Waals surface area contributed by atoms with E-state index in [0.29, 0.717) is 11.6 Å². The highest BCUT2D eigenvalue weighted by atomic mass is 15.1. The number of hydrogen-bond acceptors (Lipinski definition) is 6. The molecule has 0 fully saturated rings. The molecule has 6 nitrogen and oxygen atoms in total. The molecule has 6 heteroatoms. The molecule has 0 spiro atoms. The molecule has 2 rings (SSSR count). The minimum atomic E-state index is 0. The Morgan fingerprint density at radius 3 is 1.84 bits per heavy atom. The molecule has 0 saturated carbocycles. The first-order chi connectivity index (χ1) is 14.3. The molecule has 0 aliphatic heterocycles. The Balaban J connectivity index is 0.000000567. The SMILES string of the molecule is C.CC(C)CCCCc1ccnc(N)c1.CC(C)N(C#N)CCCc1ccnc(N)c1. The summed E-state index contributed by atoms with van der Waals surface area (Å²) in [6.45, 7) is 9.37. The number of pyridine rings is 2. The maximum atomic E-state index is 8.88. The molecule has 0 aliphatic carbocycles. The third kappa shape index (κ3) is 13.2. The van der Waals surface area contributed by atoms with E-state index in [4.69, 9.17) is 16.7 Å². The fourth-order valence-corrected chi connectivity index (χ4v) is 3.06. The summed E-state index contributed by atoms with van der Waals surface area (Å²) in [5.74, 6) is 2.00. The Morgan fingerprint density at radius 2 is 1.42 bits per heavy atom. The quantitative estimate of drug-likeness (QED) is 0.297. The average Bonchev–Trinajstić information content (AvgIpc) is 2.69. The zero-order chi connectivity index (χ0) is 22.4. The second-order valence-corrected chi connectivity index (χ2v) is 8.31. The van der Waals surface area contributed by atoms with Crippen LogP contribution in [0.5, 0.6) is 0 Å². The summed E-state index contributed by atoms with van der Waals surface area (Å²) in [7, 11) is 0. The Hall–Kier alpha value is -2.81. The van der Waals surface area contributed by atoms with Gasteiger partial charge in [-0.15, -0.1) is 0 Å². The summed E-state index contributed by atoms with van der Waals surface area (Å²) in [6.07, 6.45) is 12.6. The number of hydrogen-bond donors (Lipinski definition) is 2. The van der Waals surface area contributed by atoms with Gasteiger partial charge in [0.2, 0.25) is 0 Å². The Morgan fingerprint density at radius 1 is 0.903 bits per heavy atom. The van der Waals surface area contributed by atoms with Gasteiger partial charge in [0.05, 0.1) is 0 Å². The first-order valence-corrected chi connectivity index (χ1v) is 10.9. The first-order valence-electron chi connectivity index (χ1n) is 10.9. The van der Waals surface area contributed by atoms with E-state index in [9.17, 15) is 0 Å². The molecule has 2 heterocycles. The predicted molar refractivity (Wildman–Crippen MR) is 132 cm³/mol. The summed E-state index contributed by atoms with van der Waals surface area (Å²) in [5, 5.41) is 8.88. The molecular formula is C25H42N6. The van der Waals surface area contributed by atoms with Crippen LogP contribution in [-0.2, 0) is 12.8 Å². The lowest BCUT2D eigenvalue weighted by Gasteiger charge is -2.19. The lowest BCUT2D eigenvalue weighted by molar-refractivity contribution is 0.321. The van der Waals surface area contributed by atoms with Crippen LogP contribution in [0, 0.1) is 17.4 Å². The van der Waals surface area contributed by atoms with Crippen LogP contribution in [0.1, 0.15) is 71.9 Å². The minimum absolute atomic E-state index is 0. The van der Waals surface area contributed by atoms with Crippen molar-refractivity contribution in [3.8, 4) is 6.19 Å². The van der Waals surface area contributed by atoms with Gasteiger partial charge in [0.25, 0.3) is 0 Å². The highest BCUT2D eigenvalue weighted by molar-refractivity contribution is 5.32. The van der Waals surface area contributed by atoms with Gasteiger partial charge in [-0.25, -0.2) is 9.97 Å². The zero-order valence-corrected chi connectivity index (χ0v) is 19.0. The molecule has 0 atom stereocenters. The summed E-state index contributed by atoms with van der Waals surface area (Å²) < 4.78 is 0. The highest BCUT2D eigenvalue weighted by Crippen LogP contribution is 2.11. The van der Waals surface area contributed by atoms with Gasteiger partial charge in [-0.05, 0) is 80.8 Å². The number of nitrogens with two attached hydrogens (primary N) is 2. The standard InChI is InChI=1S/C12H18N4.C12H20N2.CH4/c1-10(2)16(9-13)7-3-4-11-5-6-15-12(14)8-11;1-10(2)5-3-4-6-11-7-8-14-12(13)9-11;/h5-6,8,10H,3-4,7H2,1-2H3,(H2,14,15);7-10H,3-6H2,1-2H3,(H2,13,14);1H4. The van der Waals surface area contributed by atoms with Gasteiger partial charge in [-0.3, -0.25) is 0 Å². The van der Waals surface area contributed by atoms with Crippen LogP contribution in [0.3, 0.4) is 0 Å². The monoisotopic (exact) mass is 426 g/mol. The number of unbranched alkanes of at least 4 members (excludes halogenated alkanes) is 1. The smallest absolute Gasteiger partial charge is 0.179 e. The third-order valence-electron chi connectivity index (χ3n) is 4.80. The fourth-order valence-electron chi connectivity index (χ4n) is 3.06. The van der Waals surface area contributed by atoms with Crippen molar-refractivity contribution in [3.05, 3.63) is 47.8 Å². The summed E-state index contributed by atoms with van der Waals surface area (Å²) in [6, 6.07) is 8.13. The zero-order valence-electron chi connectivity index (χ0n) is 19.0. The van der Waals surface area contributed by atoms with Crippen LogP contribution >= 0.6 is 0 Å². The Kier molecular flexibility index (Phi) is 14.5. The number of rotatable bonds is 10. The Labute approximate surface area is 189 Å². The third-order valence-corrected chi connectivity index (χ3v) is 4.80. The van der Waals surface area contributed by atoms with Gasteiger partial charge >= 0.3 is 0 Å². The van der Waals surface area contributed by atoms with Gasteiger partial charge in [-0.2, -0.15) is 5.26 Å². The Bertz CT molecular complexity index is 767. The molecule has 4 N–H and O–H groups in total. The molecule has 0 bridgehead atoms. The molecule has 0 radical (unpaired) electrons. The molecule has 31 heavy (non-hydrogen) atoms. The van der Waals surface area contributed by atoms with Crippen molar-refractivity contribution in [1.29, 1.82) is 5.26 Å². The maximum absolute atomic E-state index is 8.88. The molecule has 0 saturated heterocycles. The van der Waals surface area contributed by atoms with Crippen molar-refractivity contribution in [2.45, 2.75) is 79.7 Å². The van der Waals surface area contributed by atoms with E-state index in [-0.39, 0.29) is 13.5 Å². The van der Waals surface area contributed by atoms with E-state index in [1.165, 1.54) is 30.4 Å². The van der Waals surface area contributed by atoms with E-state index in [0.717, 1.165) is 31.7 Å². The van der Waals surface area contributed by atoms with E-state index in [1.807, 2.05) is 38.1 Å². The topological polar surface area (TPSA) is 105 Å². The number of nitrogens with zero attached hydrogens (tertiary/aromatic N) is 4. The van der Waals surface area contributed by atoms with E-state index in [2.05, 4.69) is 30.0 Å². The molecule has 172 valence electrons. The summed E-state index contributed by atoms with van der Waals surface area (Å²) in [5.41, 5.74) is 13.7. The molecule has 2 aromatic heterocycles. The van der Waals surface area contributed by atoms with Crippen LogP contribution in [-0.4, -0.2) is 27.5 Å². The van der Waals surface area contributed by atoms with Gasteiger partial charge in [-0.1, -0.05) is 34.1 Å². The number of aromatic nitrogens is 2. The van der Waals surface area contributed by atoms with Crippen LogP contribution in [0.2, 0.25) is 0 Å². The van der Waals surface area contributed by atoms with Gasteiger partial charge in [0.15, 0.2) is 6.19 Å². The number of nitrogen functional groups attached to an aromatic ring is 2. The van der Waals surface area contributed by atoms with E-state index < -0.39 is 0 Å². The molecule has 0 unspecified atom stereocenters. The van der Waals surface area contributed by atoms with Crippen molar-refractivity contribution in [2.75, 3.05) is 18.0 Å². The van der Waals surface area contributed by atoms with E-state index in [1.54, 1.807) is 17.3 Å². The van der Waals surface area contributed by atoms with Gasteiger partial charge in [0, 0.05) is 25.0 Å². The lowest BCUT2D eigenvalue weighted by Crippen LogP contribution is -2.26. The second-order valence-electron chi connectivity index (χ2n) is 8.31. The predicted octanol–water partition coefficient (Wildman–Crippen LogP) is 5.46. The van der Waals surface area contributed by atoms with Crippen molar-refractivity contribution >= 4 is 11.6 Å². The van der Waals surface area contributed by atoms with Crippen molar-refractivity contribution in [2.24, 2.45) is 5.92 Å². The first kappa shape index (κ1) is 28.2. The van der Waals surface area contributed by atoms with Crippen LogP contribution in [0.4, 0.5) is 11.6 Å². The van der Waals surface area contributed by atoms with Crippen molar-refractivity contribution in [3.63, 3.8) is 0 Å². The summed E-state index contributed by atoms with van der Waals surface area (Å²) >= 11 is 0. The number of nitriles is 1. The molecule has 2 aromatic rings. The highest BCUT2D eigenvalue weighted by Gasteiger charge is 2.05. The van der Waals surface area contributed by atoms with Crippen molar-refractivity contribution in [1.82, 2.24) is 14.9 Å². The lowest BCUT2D eigenvalue weighted by atomic mass is 10.0. The second kappa shape index (κ2) is 16.0. The van der Waals surface area contributed by atoms with Crippen molar-refractivity contribution < 1.29 is 0 Å². The molecular weight excluding hydrogens is 384 g/mol. The summed E-state index contributed by atoms with van der Waals surface area (Å²) in [4.78, 5) is 9.70. The van der Waals surface area contributed by atoms with Crippen LogP contribution in [0.25, 0.3) is 0 Å². The van der Waals surface area contributed by atoms with E-state index >= 15 is 0 Å². The largest absolute Gasteiger partial charge is 0.384 e. The van der Waals surface area contributed by atoms with Crippen LogP contribution in [0.15, 0.2) is 36.7 Å². The minimum Gasteiger partial charge on any atom is -0.384 e. The van der Waals surface area contributed by atoms with Gasteiger partial charge < -0.3 is 16.4 Å². The maximum Gasteiger partial charge on any atom is 0.179 e. The normalized spacial score (nSPS) is 10.1. The molecule has 0 aliphatic rings. The average molecular weight is 427 g/mol. The fraction of sp³-hybridized carbons (Fsp3) is 0.560. The van der Waals surface area contributed by atoms with Gasteiger partial charge in [0.1, 0.15) is 11.6 Å².